The number of carboxylic acid groups (broad SMARTS) is 1. The first-order chi connectivity index (χ1) is 11.4. The van der Waals surface area contributed by atoms with Gasteiger partial charge >= 0.3 is 5.97 Å². The van der Waals surface area contributed by atoms with E-state index in [4.69, 9.17) is 9.84 Å². The second kappa shape index (κ2) is 11.6. The van der Waals surface area contributed by atoms with Gasteiger partial charge in [0.1, 0.15) is 6.10 Å². The first kappa shape index (κ1) is 21.1. The van der Waals surface area contributed by atoms with Crippen LogP contribution in [-0.2, 0) is 9.53 Å². The highest BCUT2D eigenvalue weighted by molar-refractivity contribution is 5.66. The first-order valence-electron chi connectivity index (χ1n) is 9.03. The molecule has 6 heteroatoms. The Hall–Kier alpha value is -0.950. The number of carboxylic acids is 1. The van der Waals surface area contributed by atoms with E-state index in [1.807, 2.05) is 6.92 Å². The number of aliphatic carboxylic acids is 1. The van der Waals surface area contributed by atoms with Crippen LogP contribution < -0.4 is 0 Å². The number of rotatable bonds is 12. The fourth-order valence-corrected chi connectivity index (χ4v) is 2.86. The molecule has 1 aliphatic heterocycles. The summed E-state index contributed by atoms with van der Waals surface area (Å²) in [4.78, 5) is 10.4. The highest BCUT2D eigenvalue weighted by Gasteiger charge is 2.36. The third kappa shape index (κ3) is 8.24. The molecular formula is C18H32O6. The minimum Gasteiger partial charge on any atom is -0.481 e. The van der Waals surface area contributed by atoms with Crippen LogP contribution in [0.1, 0.15) is 64.7 Å². The SMILES string of the molecule is CC[C@H](O)/C=C/[C@H]1O[C@H]([C@@H](O)CCCCCCCC(=O)O)C[C@H]1O. The predicted octanol–water partition coefficient (Wildman–Crippen LogP) is 2.01. The van der Waals surface area contributed by atoms with E-state index in [2.05, 4.69) is 0 Å². The fourth-order valence-electron chi connectivity index (χ4n) is 2.86. The summed E-state index contributed by atoms with van der Waals surface area (Å²) in [5.74, 6) is -0.752. The normalized spacial score (nSPS) is 26.8. The van der Waals surface area contributed by atoms with E-state index in [-0.39, 0.29) is 12.5 Å². The fraction of sp³-hybridized carbons (Fsp3) is 0.833. The zero-order chi connectivity index (χ0) is 17.9. The molecule has 1 heterocycles. The molecule has 0 amide bonds. The third-order valence-electron chi connectivity index (χ3n) is 4.45. The molecule has 0 aromatic rings. The molecule has 0 saturated carbocycles. The molecule has 4 N–H and O–H groups in total. The largest absolute Gasteiger partial charge is 0.481 e. The number of ether oxygens (including phenoxy) is 1. The van der Waals surface area contributed by atoms with Crippen molar-refractivity contribution in [1.82, 2.24) is 0 Å². The molecule has 0 radical (unpaired) electrons. The van der Waals surface area contributed by atoms with Gasteiger partial charge in [0.2, 0.25) is 0 Å². The van der Waals surface area contributed by atoms with Gasteiger partial charge in [0.05, 0.1) is 24.4 Å². The molecule has 0 spiro atoms. The van der Waals surface area contributed by atoms with Gasteiger partial charge in [-0.1, -0.05) is 44.8 Å². The monoisotopic (exact) mass is 344 g/mol. The highest BCUT2D eigenvalue weighted by atomic mass is 16.5. The van der Waals surface area contributed by atoms with E-state index < -0.39 is 30.4 Å². The van der Waals surface area contributed by atoms with Crippen molar-refractivity contribution < 1.29 is 30.0 Å². The minimum absolute atomic E-state index is 0.220. The molecule has 5 atom stereocenters. The van der Waals surface area contributed by atoms with E-state index >= 15 is 0 Å². The molecule has 1 rings (SSSR count). The van der Waals surface area contributed by atoms with Gasteiger partial charge in [-0.15, -0.1) is 0 Å². The van der Waals surface area contributed by atoms with Crippen LogP contribution in [0.2, 0.25) is 0 Å². The maximum atomic E-state index is 10.4. The Kier molecular flexibility index (Phi) is 10.2. The van der Waals surface area contributed by atoms with Crippen LogP contribution >= 0.6 is 0 Å². The van der Waals surface area contributed by atoms with E-state index in [1.54, 1.807) is 12.2 Å². The van der Waals surface area contributed by atoms with Crippen LogP contribution in [0.15, 0.2) is 12.2 Å². The van der Waals surface area contributed by atoms with Crippen molar-refractivity contribution in [3.8, 4) is 0 Å². The van der Waals surface area contributed by atoms with Gasteiger partial charge in [0, 0.05) is 12.8 Å². The molecule has 1 aliphatic rings. The minimum atomic E-state index is -0.752. The van der Waals surface area contributed by atoms with Gasteiger partial charge in [0.15, 0.2) is 0 Å². The van der Waals surface area contributed by atoms with Crippen molar-refractivity contribution in [2.45, 2.75) is 95.2 Å². The molecule has 140 valence electrons. The maximum absolute atomic E-state index is 10.4. The van der Waals surface area contributed by atoms with Gasteiger partial charge < -0.3 is 25.2 Å². The first-order valence-corrected chi connectivity index (χ1v) is 9.03. The van der Waals surface area contributed by atoms with Crippen LogP contribution in [0.25, 0.3) is 0 Å². The lowest BCUT2D eigenvalue weighted by molar-refractivity contribution is -0.137. The van der Waals surface area contributed by atoms with Gasteiger partial charge in [-0.25, -0.2) is 0 Å². The van der Waals surface area contributed by atoms with Crippen molar-refractivity contribution in [1.29, 1.82) is 0 Å². The molecule has 0 aromatic heterocycles. The quantitative estimate of drug-likeness (QED) is 0.319. The van der Waals surface area contributed by atoms with Crippen LogP contribution in [-0.4, -0.2) is 56.9 Å². The topological polar surface area (TPSA) is 107 Å². The lowest BCUT2D eigenvalue weighted by Gasteiger charge is -2.18. The van der Waals surface area contributed by atoms with Gasteiger partial charge in [-0.2, -0.15) is 0 Å². The second-order valence-corrected chi connectivity index (χ2v) is 6.57. The molecule has 0 aromatic carbocycles. The Morgan fingerprint density at radius 3 is 2.54 bits per heavy atom. The Morgan fingerprint density at radius 2 is 1.88 bits per heavy atom. The molecule has 24 heavy (non-hydrogen) atoms. The summed E-state index contributed by atoms with van der Waals surface area (Å²) in [6, 6.07) is 0. The molecular weight excluding hydrogens is 312 g/mol. The molecule has 6 nitrogen and oxygen atoms in total. The molecule has 0 bridgehead atoms. The summed E-state index contributed by atoms with van der Waals surface area (Å²) < 4.78 is 5.69. The zero-order valence-corrected chi connectivity index (χ0v) is 14.5. The van der Waals surface area contributed by atoms with Crippen molar-refractivity contribution >= 4 is 5.97 Å². The Labute approximate surface area is 144 Å². The summed E-state index contributed by atoms with van der Waals surface area (Å²) in [7, 11) is 0. The van der Waals surface area contributed by atoms with E-state index in [0.717, 1.165) is 25.7 Å². The van der Waals surface area contributed by atoms with Crippen LogP contribution in [0, 0.1) is 0 Å². The third-order valence-corrected chi connectivity index (χ3v) is 4.45. The predicted molar refractivity (Wildman–Crippen MR) is 90.7 cm³/mol. The van der Waals surface area contributed by atoms with Gasteiger partial charge in [-0.05, 0) is 19.3 Å². The Bertz CT molecular complexity index is 384. The highest BCUT2D eigenvalue weighted by Crippen LogP contribution is 2.26. The number of unbranched alkanes of at least 4 members (excludes halogenated alkanes) is 4. The van der Waals surface area contributed by atoms with Crippen LogP contribution in [0.4, 0.5) is 0 Å². The Morgan fingerprint density at radius 1 is 1.21 bits per heavy atom. The standard InChI is InChI=1S/C18H32O6/c1-2-13(19)10-11-16-15(21)12-17(24-16)14(20)8-6-4-3-5-7-9-18(22)23/h10-11,13-17,19-21H,2-9,12H2,1H3,(H,22,23)/b11-10+/t13-,14-,15+,16+,17-/m0/s1. The van der Waals surface area contributed by atoms with E-state index in [0.29, 0.717) is 25.7 Å². The Balaban J connectivity index is 2.18. The number of aliphatic hydroxyl groups excluding tert-OH is 3. The molecule has 1 fully saturated rings. The summed E-state index contributed by atoms with van der Waals surface area (Å²) in [6.07, 6.45) is 6.89. The smallest absolute Gasteiger partial charge is 0.303 e. The average Bonchev–Trinajstić information content (AvgIpc) is 2.92. The second-order valence-electron chi connectivity index (χ2n) is 6.57. The number of hydrogen-bond acceptors (Lipinski definition) is 5. The van der Waals surface area contributed by atoms with Crippen LogP contribution in [0.3, 0.4) is 0 Å². The van der Waals surface area contributed by atoms with Crippen LogP contribution in [0.5, 0.6) is 0 Å². The number of aliphatic hydroxyl groups is 3. The van der Waals surface area contributed by atoms with Crippen molar-refractivity contribution in [3.05, 3.63) is 12.2 Å². The number of hydrogen-bond donors (Lipinski definition) is 4. The molecule has 0 unspecified atom stereocenters. The van der Waals surface area contributed by atoms with Crippen molar-refractivity contribution in [2.75, 3.05) is 0 Å². The molecule has 1 saturated heterocycles. The maximum Gasteiger partial charge on any atom is 0.303 e. The van der Waals surface area contributed by atoms with Crippen molar-refractivity contribution in [2.24, 2.45) is 0 Å². The summed E-state index contributed by atoms with van der Waals surface area (Å²) in [5.41, 5.74) is 0. The van der Waals surface area contributed by atoms with Crippen molar-refractivity contribution in [3.63, 3.8) is 0 Å². The van der Waals surface area contributed by atoms with E-state index in [9.17, 15) is 20.1 Å². The lowest BCUT2D eigenvalue weighted by Crippen LogP contribution is -2.26. The summed E-state index contributed by atoms with van der Waals surface area (Å²) in [6.45, 7) is 1.87. The van der Waals surface area contributed by atoms with E-state index in [1.165, 1.54) is 0 Å². The lowest BCUT2D eigenvalue weighted by atomic mass is 10.0. The number of carbonyl (C=O) groups is 1. The zero-order valence-electron chi connectivity index (χ0n) is 14.5. The summed E-state index contributed by atoms with van der Waals surface area (Å²) >= 11 is 0. The summed E-state index contributed by atoms with van der Waals surface area (Å²) in [5, 5.41) is 38.2. The van der Waals surface area contributed by atoms with Gasteiger partial charge in [0.25, 0.3) is 0 Å². The average molecular weight is 344 g/mol. The molecule has 0 aliphatic carbocycles. The van der Waals surface area contributed by atoms with Gasteiger partial charge in [-0.3, -0.25) is 4.79 Å².